The number of carboxylic acid groups (broad SMARTS) is 2. The number of pyridine rings is 1. The summed E-state index contributed by atoms with van der Waals surface area (Å²) in [5, 5.41) is 24.3. The number of nitrogens with two attached hydrogens (primary N) is 1. The van der Waals surface area contributed by atoms with E-state index in [9.17, 15) is 23.1 Å². The van der Waals surface area contributed by atoms with Crippen LogP contribution < -0.4 is 24.8 Å². The maximum absolute atomic E-state index is 15.8. The van der Waals surface area contributed by atoms with Crippen molar-refractivity contribution in [2.24, 2.45) is 5.73 Å². The van der Waals surface area contributed by atoms with Gasteiger partial charge in [-0.1, -0.05) is 12.1 Å². The number of nitrogens with zero attached hydrogens (tertiary/aromatic N) is 2. The predicted octanol–water partition coefficient (Wildman–Crippen LogP) is 6.19. The molecule has 3 rings (SSSR count). The number of alkyl halides is 3. The molecule has 11 nitrogen and oxygen atoms in total. The normalized spacial score (nSPS) is 11.0. The van der Waals surface area contributed by atoms with Gasteiger partial charge < -0.3 is 35.1 Å². The average molecular weight is 629 g/mol. The smallest absolute Gasteiger partial charge is 0.490 e. The van der Waals surface area contributed by atoms with Gasteiger partial charge in [0, 0.05) is 17.6 Å². The first kappa shape index (κ1) is 35.0. The van der Waals surface area contributed by atoms with Crippen LogP contribution in [-0.4, -0.2) is 58.3 Å². The van der Waals surface area contributed by atoms with Crippen LogP contribution in [0.25, 0.3) is 0 Å². The van der Waals surface area contributed by atoms with Crippen molar-refractivity contribution in [3.63, 3.8) is 0 Å². The van der Waals surface area contributed by atoms with Crippen molar-refractivity contribution in [1.29, 1.82) is 5.41 Å². The Labute approximate surface area is 248 Å². The molecule has 0 unspecified atom stereocenters. The van der Waals surface area contributed by atoms with Gasteiger partial charge in [-0.3, -0.25) is 5.41 Å². The predicted molar refractivity (Wildman–Crippen MR) is 148 cm³/mol. The fraction of sp³-hybridized carbons (Fsp3) is 0.286. The van der Waals surface area contributed by atoms with E-state index >= 15 is 8.78 Å². The van der Waals surface area contributed by atoms with E-state index in [1.807, 2.05) is 0 Å². The molecule has 1 aromatic heterocycles. The quantitative estimate of drug-likeness (QED) is 0.115. The minimum absolute atomic E-state index is 0.0962. The van der Waals surface area contributed by atoms with Crippen LogP contribution in [0.5, 0.6) is 29.0 Å². The van der Waals surface area contributed by atoms with Gasteiger partial charge in [-0.2, -0.15) is 26.9 Å². The van der Waals surface area contributed by atoms with Crippen molar-refractivity contribution in [3.8, 4) is 29.0 Å². The summed E-state index contributed by atoms with van der Waals surface area (Å²) in [7, 11) is 1.37. The molecule has 0 atom stereocenters. The first-order valence-corrected chi connectivity index (χ1v) is 12.6. The lowest BCUT2D eigenvalue weighted by Crippen LogP contribution is -2.38. The molecule has 0 saturated carbocycles. The number of halogens is 5. The first-order valence-electron chi connectivity index (χ1n) is 12.6. The number of hydrogen-bond donors (Lipinski definition) is 4. The minimum Gasteiger partial charge on any atom is -0.497 e. The number of carbonyl (C=O) groups is 2. The summed E-state index contributed by atoms with van der Waals surface area (Å²) in [6.07, 6.45) is -5.08. The van der Waals surface area contributed by atoms with Crippen LogP contribution in [0.2, 0.25) is 0 Å². The average Bonchev–Trinajstić information content (AvgIpc) is 2.93. The number of benzene rings is 2. The van der Waals surface area contributed by atoms with Gasteiger partial charge in [0.25, 0.3) is 11.8 Å². The van der Waals surface area contributed by atoms with Gasteiger partial charge in [-0.25, -0.2) is 9.59 Å². The van der Waals surface area contributed by atoms with Gasteiger partial charge in [-0.15, -0.1) is 0 Å². The second kappa shape index (κ2) is 14.3. The molecule has 0 spiro atoms. The zero-order valence-corrected chi connectivity index (χ0v) is 24.0. The second-order valence-corrected chi connectivity index (χ2v) is 9.41. The number of nitrogen functional groups attached to an aromatic ring is 1. The fourth-order valence-corrected chi connectivity index (χ4v) is 3.80. The van der Waals surface area contributed by atoms with Crippen LogP contribution >= 0.6 is 0 Å². The summed E-state index contributed by atoms with van der Waals surface area (Å²) in [4.78, 5) is 26.1. The second-order valence-electron chi connectivity index (χ2n) is 9.41. The highest BCUT2D eigenvalue weighted by atomic mass is 19.4. The van der Waals surface area contributed by atoms with Gasteiger partial charge in [0.2, 0.25) is 11.6 Å². The van der Waals surface area contributed by atoms with Crippen molar-refractivity contribution in [1.82, 2.24) is 4.98 Å². The molecule has 0 fully saturated rings. The van der Waals surface area contributed by atoms with Crippen LogP contribution in [0.3, 0.4) is 0 Å². The molecule has 238 valence electrons. The van der Waals surface area contributed by atoms with E-state index in [4.69, 9.17) is 35.3 Å². The molecule has 5 N–H and O–H groups in total. The molecule has 0 aliphatic rings. The first-order chi connectivity index (χ1) is 20.4. The third kappa shape index (κ3) is 8.68. The number of carboxylic acids is 2. The standard InChI is InChI=1S/C26H28F2N4O5.C2HF3O2/c1-13(2)32(14(3)4)22-20(27)24(36-17-8-6-7-15(11-17)23(29)30)31-25(21(22)28)37-19-10-9-16(35-5)12-18(19)26(33)34;3-2(4,5)1(6)7/h6-14H,1-5H3,(H3,29,30)(H,33,34);(H,6,7). The largest absolute Gasteiger partial charge is 0.497 e. The van der Waals surface area contributed by atoms with Crippen LogP contribution in [-0.2, 0) is 4.79 Å². The number of methoxy groups -OCH3 is 1. The van der Waals surface area contributed by atoms with Gasteiger partial charge in [0.15, 0.2) is 0 Å². The van der Waals surface area contributed by atoms with Gasteiger partial charge in [-0.05, 0) is 58.0 Å². The molecule has 3 aromatic rings. The van der Waals surface area contributed by atoms with Crippen molar-refractivity contribution < 1.29 is 56.0 Å². The Hall–Kier alpha value is -5.15. The molecule has 1 heterocycles. The fourth-order valence-electron chi connectivity index (χ4n) is 3.80. The molecule has 0 aliphatic heterocycles. The molecule has 0 radical (unpaired) electrons. The van der Waals surface area contributed by atoms with Crippen LogP contribution in [0, 0.1) is 17.0 Å². The molecule has 0 aliphatic carbocycles. The van der Waals surface area contributed by atoms with Crippen molar-refractivity contribution in [2.45, 2.75) is 46.0 Å². The topological polar surface area (TPSA) is 168 Å². The monoisotopic (exact) mass is 628 g/mol. The number of rotatable bonds is 10. The van der Waals surface area contributed by atoms with E-state index in [2.05, 4.69) is 4.98 Å². The van der Waals surface area contributed by atoms with Gasteiger partial charge >= 0.3 is 18.1 Å². The molecule has 0 bridgehead atoms. The Morgan fingerprint density at radius 1 is 0.932 bits per heavy atom. The third-order valence-electron chi connectivity index (χ3n) is 5.59. The highest BCUT2D eigenvalue weighted by molar-refractivity contribution is 5.95. The van der Waals surface area contributed by atoms with Crippen molar-refractivity contribution >= 4 is 23.5 Å². The zero-order valence-electron chi connectivity index (χ0n) is 24.0. The lowest BCUT2D eigenvalue weighted by atomic mass is 10.1. The summed E-state index contributed by atoms with van der Waals surface area (Å²) in [6, 6.07) is 9.28. The Morgan fingerprint density at radius 2 is 1.48 bits per heavy atom. The Balaban J connectivity index is 0.000000860. The maximum atomic E-state index is 15.8. The number of ether oxygens (including phenoxy) is 3. The molecular formula is C28H29F5N4O7. The van der Waals surface area contributed by atoms with Crippen molar-refractivity contribution in [2.75, 3.05) is 12.0 Å². The van der Waals surface area contributed by atoms with Crippen LogP contribution in [0.4, 0.5) is 27.6 Å². The summed E-state index contributed by atoms with van der Waals surface area (Å²) in [5.74, 6) is -7.72. The maximum Gasteiger partial charge on any atom is 0.490 e. The highest BCUT2D eigenvalue weighted by Gasteiger charge is 2.38. The number of amidine groups is 1. The van der Waals surface area contributed by atoms with Gasteiger partial charge in [0.1, 0.15) is 34.3 Å². The lowest BCUT2D eigenvalue weighted by Gasteiger charge is -2.33. The number of aromatic nitrogens is 1. The van der Waals surface area contributed by atoms with Crippen LogP contribution in [0.15, 0.2) is 42.5 Å². The van der Waals surface area contributed by atoms with E-state index in [0.717, 1.165) is 0 Å². The highest BCUT2D eigenvalue weighted by Crippen LogP contribution is 2.40. The van der Waals surface area contributed by atoms with E-state index < -0.39 is 47.2 Å². The molecule has 0 saturated heterocycles. The number of hydrogen-bond acceptors (Lipinski definition) is 8. The number of aromatic carboxylic acids is 1. The van der Waals surface area contributed by atoms with E-state index in [0.29, 0.717) is 5.56 Å². The van der Waals surface area contributed by atoms with E-state index in [1.54, 1.807) is 39.8 Å². The lowest BCUT2D eigenvalue weighted by molar-refractivity contribution is -0.192. The minimum atomic E-state index is -5.08. The Kier molecular flexibility index (Phi) is 11.4. The van der Waals surface area contributed by atoms with E-state index in [1.165, 1.54) is 42.3 Å². The molecule has 0 amide bonds. The van der Waals surface area contributed by atoms with Crippen LogP contribution in [0.1, 0.15) is 43.6 Å². The third-order valence-corrected chi connectivity index (χ3v) is 5.59. The molecule has 44 heavy (non-hydrogen) atoms. The molecular weight excluding hydrogens is 599 g/mol. The van der Waals surface area contributed by atoms with Crippen molar-refractivity contribution in [3.05, 3.63) is 65.2 Å². The number of aliphatic carboxylic acids is 1. The Bertz CT molecular complexity index is 1520. The summed E-state index contributed by atoms with van der Waals surface area (Å²) >= 11 is 0. The Morgan fingerprint density at radius 3 is 1.93 bits per heavy atom. The summed E-state index contributed by atoms with van der Waals surface area (Å²) < 4.78 is 79.6. The van der Waals surface area contributed by atoms with E-state index in [-0.39, 0.29) is 40.7 Å². The molecule has 2 aromatic carbocycles. The summed E-state index contributed by atoms with van der Waals surface area (Å²) in [6.45, 7) is 7.07. The zero-order chi connectivity index (χ0) is 33.5. The number of anilines is 1. The summed E-state index contributed by atoms with van der Waals surface area (Å²) in [5.41, 5.74) is 5.10. The number of nitrogens with one attached hydrogen (secondary N) is 1. The molecule has 16 heteroatoms. The van der Waals surface area contributed by atoms with Gasteiger partial charge in [0.05, 0.1) is 7.11 Å². The SMILES string of the molecule is COc1ccc(Oc2nc(Oc3cccc(C(=N)N)c3)c(F)c(N(C(C)C)C(C)C)c2F)c(C(=O)O)c1.O=C(O)C(F)(F)F.